The molecule has 7 heteroatoms. The van der Waals surface area contributed by atoms with Crippen LogP contribution in [-0.4, -0.2) is 36.7 Å². The van der Waals surface area contributed by atoms with E-state index in [1.165, 1.54) is 0 Å². The number of amides is 1. The predicted octanol–water partition coefficient (Wildman–Crippen LogP) is 1.88. The second-order valence-electron chi connectivity index (χ2n) is 5.24. The zero-order valence-electron chi connectivity index (χ0n) is 12.8. The molecule has 0 aromatic carbocycles. The number of rotatable bonds is 6. The Kier molecular flexibility index (Phi) is 4.46. The first-order chi connectivity index (χ1) is 11.3. The molecule has 3 rings (SSSR count). The van der Waals surface area contributed by atoms with E-state index in [1.54, 1.807) is 31.0 Å². The summed E-state index contributed by atoms with van der Waals surface area (Å²) in [5.74, 6) is -0.162. The van der Waals surface area contributed by atoms with E-state index in [0.29, 0.717) is 12.2 Å². The molecule has 0 aliphatic heterocycles. The number of carbonyl (C=O) groups is 1. The van der Waals surface area contributed by atoms with Crippen LogP contribution >= 0.6 is 0 Å². The van der Waals surface area contributed by atoms with Crippen molar-refractivity contribution < 1.29 is 4.79 Å². The monoisotopic (exact) mass is 310 g/mol. The largest absolute Gasteiger partial charge is 0.346 e. The van der Waals surface area contributed by atoms with Gasteiger partial charge in [-0.1, -0.05) is 6.92 Å². The summed E-state index contributed by atoms with van der Waals surface area (Å²) in [4.78, 5) is 20.4. The van der Waals surface area contributed by atoms with Crippen LogP contribution in [0.4, 0.5) is 0 Å². The Bertz CT molecular complexity index is 750. The molecule has 0 spiro atoms. The number of carbonyl (C=O) groups excluding carboxylic acids is 1. The number of H-pyrrole nitrogens is 1. The second kappa shape index (κ2) is 6.87. The average Bonchev–Trinajstić information content (AvgIpc) is 3.26. The van der Waals surface area contributed by atoms with Gasteiger partial charge in [-0.3, -0.25) is 14.9 Å². The Morgan fingerprint density at radius 3 is 2.83 bits per heavy atom. The fourth-order valence-electron chi connectivity index (χ4n) is 2.30. The molecule has 23 heavy (non-hydrogen) atoms. The molecule has 1 amide bonds. The zero-order valence-corrected chi connectivity index (χ0v) is 12.8. The maximum Gasteiger partial charge on any atom is 0.269 e. The molecule has 0 fully saturated rings. The molecule has 3 heterocycles. The fourth-order valence-corrected chi connectivity index (χ4v) is 2.30. The molecule has 0 aliphatic carbocycles. The molecule has 2 N–H and O–H groups in total. The Morgan fingerprint density at radius 2 is 2.13 bits per heavy atom. The Labute approximate surface area is 133 Å². The van der Waals surface area contributed by atoms with Gasteiger partial charge >= 0.3 is 0 Å². The van der Waals surface area contributed by atoms with Crippen molar-refractivity contribution in [1.82, 2.24) is 30.0 Å². The first-order valence-corrected chi connectivity index (χ1v) is 7.48. The number of aromatic amines is 1. The van der Waals surface area contributed by atoms with Crippen molar-refractivity contribution in [3.63, 3.8) is 0 Å². The van der Waals surface area contributed by atoms with E-state index in [-0.39, 0.29) is 11.9 Å². The number of imidazole rings is 1. The molecule has 0 bridgehead atoms. The molecule has 0 saturated heterocycles. The molecule has 1 unspecified atom stereocenters. The molecule has 3 aromatic rings. The summed E-state index contributed by atoms with van der Waals surface area (Å²) in [5.41, 5.74) is 2.09. The van der Waals surface area contributed by atoms with Gasteiger partial charge in [-0.2, -0.15) is 5.10 Å². The van der Waals surface area contributed by atoms with Gasteiger partial charge in [0.2, 0.25) is 0 Å². The van der Waals surface area contributed by atoms with Crippen LogP contribution in [0.2, 0.25) is 0 Å². The number of nitrogens with zero attached hydrogens (tertiary/aromatic N) is 4. The number of aromatic nitrogens is 5. The van der Waals surface area contributed by atoms with E-state index in [4.69, 9.17) is 0 Å². The molecule has 118 valence electrons. The minimum Gasteiger partial charge on any atom is -0.346 e. The lowest BCUT2D eigenvalue weighted by atomic mass is 10.2. The summed E-state index contributed by atoms with van der Waals surface area (Å²) in [5, 5.41) is 9.99. The Balaban J connectivity index is 1.67. The van der Waals surface area contributed by atoms with Gasteiger partial charge in [-0.25, -0.2) is 4.98 Å². The summed E-state index contributed by atoms with van der Waals surface area (Å²) < 4.78 is 1.95. The van der Waals surface area contributed by atoms with Crippen LogP contribution < -0.4 is 5.32 Å². The normalized spacial score (nSPS) is 12.0. The van der Waals surface area contributed by atoms with Crippen molar-refractivity contribution in [3.8, 4) is 11.3 Å². The van der Waals surface area contributed by atoms with Crippen LogP contribution in [0.1, 0.15) is 23.8 Å². The average molecular weight is 310 g/mol. The highest BCUT2D eigenvalue weighted by atomic mass is 16.2. The van der Waals surface area contributed by atoms with E-state index in [0.717, 1.165) is 17.7 Å². The van der Waals surface area contributed by atoms with Gasteiger partial charge in [0, 0.05) is 42.9 Å². The first kappa shape index (κ1) is 15.0. The van der Waals surface area contributed by atoms with E-state index in [2.05, 4.69) is 25.5 Å². The van der Waals surface area contributed by atoms with Crippen LogP contribution in [0.3, 0.4) is 0 Å². The lowest BCUT2D eigenvalue weighted by Gasteiger charge is -2.16. The number of hydrogen-bond donors (Lipinski definition) is 2. The van der Waals surface area contributed by atoms with E-state index < -0.39 is 0 Å². The summed E-state index contributed by atoms with van der Waals surface area (Å²) in [6, 6.07) is 5.48. The van der Waals surface area contributed by atoms with Crippen molar-refractivity contribution >= 4 is 5.91 Å². The van der Waals surface area contributed by atoms with Crippen LogP contribution in [0.5, 0.6) is 0 Å². The van der Waals surface area contributed by atoms with Crippen LogP contribution in [0.25, 0.3) is 11.3 Å². The van der Waals surface area contributed by atoms with E-state index >= 15 is 0 Å². The standard InChI is InChI=1S/C16H18N6O/c1-2-13(10-22-8-7-18-11-22)19-16(23)15-9-14(20-21-15)12-3-5-17-6-4-12/h3-9,11,13H,2,10H2,1H3,(H,19,23)(H,20,21). The molecule has 0 radical (unpaired) electrons. The highest BCUT2D eigenvalue weighted by Crippen LogP contribution is 2.16. The smallest absolute Gasteiger partial charge is 0.269 e. The maximum absolute atomic E-state index is 12.4. The molecule has 1 atom stereocenters. The number of pyridine rings is 1. The summed E-state index contributed by atoms with van der Waals surface area (Å²) >= 11 is 0. The van der Waals surface area contributed by atoms with Crippen molar-refractivity contribution in [3.05, 3.63) is 55.0 Å². The minimum absolute atomic E-state index is 0.0318. The van der Waals surface area contributed by atoms with Crippen LogP contribution in [-0.2, 0) is 6.54 Å². The predicted molar refractivity (Wildman–Crippen MR) is 85.6 cm³/mol. The lowest BCUT2D eigenvalue weighted by molar-refractivity contribution is 0.0927. The van der Waals surface area contributed by atoms with Gasteiger partial charge in [0.25, 0.3) is 5.91 Å². The Hall–Kier alpha value is -2.96. The quantitative estimate of drug-likeness (QED) is 0.727. The van der Waals surface area contributed by atoms with Crippen LogP contribution in [0, 0.1) is 0 Å². The summed E-state index contributed by atoms with van der Waals surface area (Å²) in [7, 11) is 0. The third-order valence-corrected chi connectivity index (χ3v) is 3.62. The molecule has 0 aliphatic rings. The molecular formula is C16H18N6O. The zero-order chi connectivity index (χ0) is 16.1. The summed E-state index contributed by atoms with van der Waals surface area (Å²) in [6.45, 7) is 2.73. The second-order valence-corrected chi connectivity index (χ2v) is 5.24. The van der Waals surface area contributed by atoms with Crippen molar-refractivity contribution in [2.75, 3.05) is 0 Å². The number of hydrogen-bond acceptors (Lipinski definition) is 4. The Morgan fingerprint density at radius 1 is 1.30 bits per heavy atom. The molecule has 7 nitrogen and oxygen atoms in total. The van der Waals surface area contributed by atoms with Gasteiger partial charge in [0.15, 0.2) is 0 Å². The minimum atomic E-state index is -0.162. The molecule has 3 aromatic heterocycles. The first-order valence-electron chi connectivity index (χ1n) is 7.48. The van der Waals surface area contributed by atoms with Gasteiger partial charge in [-0.15, -0.1) is 0 Å². The van der Waals surface area contributed by atoms with Crippen LogP contribution in [0.15, 0.2) is 49.3 Å². The number of nitrogens with one attached hydrogen (secondary N) is 2. The van der Waals surface area contributed by atoms with Gasteiger partial charge in [-0.05, 0) is 24.6 Å². The maximum atomic E-state index is 12.4. The van der Waals surface area contributed by atoms with Crippen molar-refractivity contribution in [1.29, 1.82) is 0 Å². The lowest BCUT2D eigenvalue weighted by Crippen LogP contribution is -2.37. The topological polar surface area (TPSA) is 88.5 Å². The SMILES string of the molecule is CCC(Cn1ccnc1)NC(=O)c1cc(-c2ccncc2)n[nH]1. The van der Waals surface area contributed by atoms with Crippen molar-refractivity contribution in [2.24, 2.45) is 0 Å². The molecule has 0 saturated carbocycles. The third-order valence-electron chi connectivity index (χ3n) is 3.62. The van der Waals surface area contributed by atoms with Gasteiger partial charge in [0.05, 0.1) is 12.0 Å². The van der Waals surface area contributed by atoms with E-state index in [1.807, 2.05) is 29.8 Å². The third kappa shape index (κ3) is 3.63. The van der Waals surface area contributed by atoms with Gasteiger partial charge in [0.1, 0.15) is 5.69 Å². The van der Waals surface area contributed by atoms with Gasteiger partial charge < -0.3 is 9.88 Å². The summed E-state index contributed by atoms with van der Waals surface area (Å²) in [6.07, 6.45) is 9.57. The fraction of sp³-hybridized carbons (Fsp3) is 0.250. The highest BCUT2D eigenvalue weighted by molar-refractivity contribution is 5.93. The highest BCUT2D eigenvalue weighted by Gasteiger charge is 2.15. The molecular weight excluding hydrogens is 292 g/mol. The van der Waals surface area contributed by atoms with E-state index in [9.17, 15) is 4.79 Å². The van der Waals surface area contributed by atoms with Crippen molar-refractivity contribution in [2.45, 2.75) is 25.9 Å².